The van der Waals surface area contributed by atoms with E-state index in [2.05, 4.69) is 32.7 Å². The van der Waals surface area contributed by atoms with E-state index in [-0.39, 0.29) is 5.69 Å². The van der Waals surface area contributed by atoms with Crippen molar-refractivity contribution in [3.63, 3.8) is 0 Å². The van der Waals surface area contributed by atoms with Gasteiger partial charge in [0.25, 0.3) is 5.91 Å². The van der Waals surface area contributed by atoms with E-state index in [1.54, 1.807) is 18.2 Å². The first-order valence-electron chi connectivity index (χ1n) is 11.5. The SMILES string of the molecule is O=C(N[C@@H](CCN1CC[C@@H](CCc2ccc3c(n2)NCCC3)C1)C(=O)O)c1ccccn1. The van der Waals surface area contributed by atoms with E-state index in [4.69, 9.17) is 4.98 Å². The second-order valence-corrected chi connectivity index (χ2v) is 8.70. The van der Waals surface area contributed by atoms with Gasteiger partial charge in [-0.15, -0.1) is 0 Å². The fourth-order valence-corrected chi connectivity index (χ4v) is 4.51. The summed E-state index contributed by atoms with van der Waals surface area (Å²) >= 11 is 0. The Kier molecular flexibility index (Phi) is 7.32. The number of hydrogen-bond donors (Lipinski definition) is 3. The first-order chi connectivity index (χ1) is 15.6. The van der Waals surface area contributed by atoms with Crippen LogP contribution in [0.4, 0.5) is 5.82 Å². The first kappa shape index (κ1) is 22.2. The molecule has 1 amide bonds. The molecule has 2 atom stereocenters. The molecule has 1 fully saturated rings. The van der Waals surface area contributed by atoms with Crippen molar-refractivity contribution in [3.8, 4) is 0 Å². The Bertz CT molecular complexity index is 936. The smallest absolute Gasteiger partial charge is 0.326 e. The molecule has 0 spiro atoms. The van der Waals surface area contributed by atoms with Gasteiger partial charge in [0.1, 0.15) is 17.6 Å². The largest absolute Gasteiger partial charge is 0.480 e. The molecule has 2 aliphatic rings. The van der Waals surface area contributed by atoms with Crippen molar-refractivity contribution in [2.75, 3.05) is 31.5 Å². The molecule has 1 saturated heterocycles. The third kappa shape index (κ3) is 5.82. The van der Waals surface area contributed by atoms with E-state index in [0.29, 0.717) is 18.9 Å². The van der Waals surface area contributed by atoms with Crippen LogP contribution in [0.2, 0.25) is 0 Å². The van der Waals surface area contributed by atoms with E-state index in [1.165, 1.54) is 18.2 Å². The van der Waals surface area contributed by atoms with Gasteiger partial charge in [-0.1, -0.05) is 12.1 Å². The highest BCUT2D eigenvalue weighted by atomic mass is 16.4. The minimum atomic E-state index is -1.02. The van der Waals surface area contributed by atoms with Crippen molar-refractivity contribution in [1.29, 1.82) is 0 Å². The van der Waals surface area contributed by atoms with Crippen molar-refractivity contribution in [2.24, 2.45) is 5.92 Å². The maximum atomic E-state index is 12.3. The summed E-state index contributed by atoms with van der Waals surface area (Å²) in [6.45, 7) is 3.58. The van der Waals surface area contributed by atoms with E-state index in [0.717, 1.165) is 56.8 Å². The lowest BCUT2D eigenvalue weighted by Gasteiger charge is -2.20. The molecule has 0 aromatic carbocycles. The number of pyridine rings is 2. The number of aliphatic carboxylic acids is 1. The average molecular weight is 438 g/mol. The molecule has 0 radical (unpaired) electrons. The van der Waals surface area contributed by atoms with Gasteiger partial charge in [-0.25, -0.2) is 9.78 Å². The molecule has 4 heterocycles. The number of likely N-dealkylation sites (tertiary alicyclic amines) is 1. The molecule has 32 heavy (non-hydrogen) atoms. The summed E-state index contributed by atoms with van der Waals surface area (Å²) in [6, 6.07) is 8.44. The van der Waals surface area contributed by atoms with Crippen molar-refractivity contribution < 1.29 is 14.7 Å². The topological polar surface area (TPSA) is 107 Å². The van der Waals surface area contributed by atoms with E-state index in [1.807, 2.05) is 0 Å². The van der Waals surface area contributed by atoms with Crippen LogP contribution in [0.3, 0.4) is 0 Å². The van der Waals surface area contributed by atoms with Gasteiger partial charge in [-0.3, -0.25) is 9.78 Å². The predicted molar refractivity (Wildman–Crippen MR) is 122 cm³/mol. The van der Waals surface area contributed by atoms with Gasteiger partial charge in [-0.05, 0) is 74.8 Å². The van der Waals surface area contributed by atoms with E-state index < -0.39 is 17.9 Å². The number of amides is 1. The highest BCUT2D eigenvalue weighted by Crippen LogP contribution is 2.24. The number of nitrogens with zero attached hydrogens (tertiary/aromatic N) is 3. The molecule has 3 N–H and O–H groups in total. The summed E-state index contributed by atoms with van der Waals surface area (Å²) in [5, 5.41) is 15.5. The summed E-state index contributed by atoms with van der Waals surface area (Å²) in [7, 11) is 0. The number of aryl methyl sites for hydroxylation is 2. The zero-order chi connectivity index (χ0) is 22.3. The monoisotopic (exact) mass is 437 g/mol. The number of carboxylic acids is 1. The third-order valence-corrected chi connectivity index (χ3v) is 6.37. The van der Waals surface area contributed by atoms with Gasteiger partial charge in [-0.2, -0.15) is 0 Å². The molecular formula is C24H31N5O3. The number of carbonyl (C=O) groups excluding carboxylic acids is 1. The minimum Gasteiger partial charge on any atom is -0.480 e. The number of hydrogen-bond acceptors (Lipinski definition) is 6. The van der Waals surface area contributed by atoms with Crippen molar-refractivity contribution in [2.45, 2.75) is 44.6 Å². The average Bonchev–Trinajstić information content (AvgIpc) is 3.28. The van der Waals surface area contributed by atoms with Crippen LogP contribution in [0.15, 0.2) is 36.5 Å². The lowest BCUT2D eigenvalue weighted by atomic mass is 10.00. The molecule has 0 aliphatic carbocycles. The van der Waals surface area contributed by atoms with Crippen molar-refractivity contribution >= 4 is 17.7 Å². The molecule has 8 heteroatoms. The van der Waals surface area contributed by atoms with Crippen LogP contribution >= 0.6 is 0 Å². The fourth-order valence-electron chi connectivity index (χ4n) is 4.51. The van der Waals surface area contributed by atoms with E-state index in [9.17, 15) is 14.7 Å². The molecule has 4 rings (SSSR count). The Balaban J connectivity index is 1.22. The summed E-state index contributed by atoms with van der Waals surface area (Å²) < 4.78 is 0. The molecule has 0 unspecified atom stereocenters. The maximum Gasteiger partial charge on any atom is 0.326 e. The summed E-state index contributed by atoms with van der Waals surface area (Å²) in [6.07, 6.45) is 7.33. The molecule has 2 aliphatic heterocycles. The van der Waals surface area contributed by atoms with E-state index >= 15 is 0 Å². The molecule has 2 aromatic heterocycles. The predicted octanol–water partition coefficient (Wildman–Crippen LogP) is 2.36. The second-order valence-electron chi connectivity index (χ2n) is 8.70. The first-order valence-corrected chi connectivity index (χ1v) is 11.5. The van der Waals surface area contributed by atoms with Crippen molar-refractivity contribution in [3.05, 3.63) is 53.5 Å². The molecule has 0 bridgehead atoms. The Morgan fingerprint density at radius 3 is 3.00 bits per heavy atom. The minimum absolute atomic E-state index is 0.228. The van der Waals surface area contributed by atoms with Crippen molar-refractivity contribution in [1.82, 2.24) is 20.2 Å². The van der Waals surface area contributed by atoms with Gasteiger partial charge in [0, 0.05) is 31.5 Å². The number of fused-ring (bicyclic) bond motifs is 1. The summed E-state index contributed by atoms with van der Waals surface area (Å²) in [5.74, 6) is 0.169. The lowest BCUT2D eigenvalue weighted by molar-refractivity contribution is -0.139. The van der Waals surface area contributed by atoms with Crippen LogP contribution in [0.1, 0.15) is 47.4 Å². The number of carbonyl (C=O) groups is 2. The molecular weight excluding hydrogens is 406 g/mol. The Morgan fingerprint density at radius 2 is 2.19 bits per heavy atom. The van der Waals surface area contributed by atoms with Gasteiger partial charge < -0.3 is 20.6 Å². The molecule has 8 nitrogen and oxygen atoms in total. The van der Waals surface area contributed by atoms with Gasteiger partial charge in [0.05, 0.1) is 0 Å². The molecule has 2 aromatic rings. The standard InChI is InChI=1S/C24H31N5O3/c30-23(20-5-1-2-12-25-20)28-21(24(31)32)11-15-29-14-10-17(16-29)6-8-19-9-7-18-4-3-13-26-22(18)27-19/h1-2,5,7,9,12,17,21H,3-4,6,8,10-11,13-16H2,(H,26,27)(H,28,30)(H,31,32)/t17-,21+/m1/s1. The Hall–Kier alpha value is -3.00. The zero-order valence-corrected chi connectivity index (χ0v) is 18.3. The van der Waals surface area contributed by atoms with Crippen LogP contribution < -0.4 is 10.6 Å². The number of anilines is 1. The second kappa shape index (κ2) is 10.5. The van der Waals surface area contributed by atoms with Crippen LogP contribution in [0.5, 0.6) is 0 Å². The van der Waals surface area contributed by atoms with Crippen LogP contribution in [-0.2, 0) is 17.6 Å². The fraction of sp³-hybridized carbons (Fsp3) is 0.500. The Labute approximate surface area is 188 Å². The number of nitrogens with one attached hydrogen (secondary N) is 2. The van der Waals surface area contributed by atoms with Gasteiger partial charge in [0.2, 0.25) is 0 Å². The lowest BCUT2D eigenvalue weighted by Crippen LogP contribution is -2.43. The van der Waals surface area contributed by atoms with Crippen LogP contribution in [-0.4, -0.2) is 64.1 Å². The third-order valence-electron chi connectivity index (χ3n) is 6.37. The normalized spacial score (nSPS) is 19.1. The van der Waals surface area contributed by atoms with Gasteiger partial charge in [0.15, 0.2) is 0 Å². The summed E-state index contributed by atoms with van der Waals surface area (Å²) in [4.78, 5) is 35.0. The van der Waals surface area contributed by atoms with Crippen LogP contribution in [0.25, 0.3) is 0 Å². The number of carboxylic acid groups (broad SMARTS) is 1. The summed E-state index contributed by atoms with van der Waals surface area (Å²) in [5.41, 5.74) is 2.68. The highest BCUT2D eigenvalue weighted by Gasteiger charge is 2.26. The number of aromatic nitrogens is 2. The quantitative estimate of drug-likeness (QED) is 0.553. The highest BCUT2D eigenvalue weighted by molar-refractivity contribution is 5.94. The molecule has 170 valence electrons. The maximum absolute atomic E-state index is 12.3. The van der Waals surface area contributed by atoms with Gasteiger partial charge >= 0.3 is 5.97 Å². The van der Waals surface area contributed by atoms with Crippen LogP contribution in [0, 0.1) is 5.92 Å². The zero-order valence-electron chi connectivity index (χ0n) is 18.3. The Morgan fingerprint density at radius 1 is 1.28 bits per heavy atom. The number of rotatable bonds is 9. The molecule has 0 saturated carbocycles.